The molecular formula is C20H38N4O2. The Labute approximate surface area is 159 Å². The summed E-state index contributed by atoms with van der Waals surface area (Å²) in [5, 5.41) is 0. The molecule has 0 aromatic rings. The topological polar surface area (TPSA) is 69.9 Å². The number of nitrogens with two attached hydrogens (primary N) is 1. The van der Waals surface area contributed by atoms with Crippen molar-refractivity contribution >= 4 is 11.8 Å². The average Bonchev–Trinajstić information content (AvgIpc) is 2.61. The third kappa shape index (κ3) is 6.88. The fourth-order valence-corrected chi connectivity index (χ4v) is 4.25. The Balaban J connectivity index is 1.64. The molecule has 2 heterocycles. The Morgan fingerprint density at radius 1 is 0.846 bits per heavy atom. The lowest BCUT2D eigenvalue weighted by Gasteiger charge is -2.38. The molecule has 2 aliphatic rings. The number of piperazine rings is 1. The quantitative estimate of drug-likeness (QED) is 0.662. The molecule has 6 heteroatoms. The zero-order chi connectivity index (χ0) is 18.9. The number of carbonyl (C=O) groups is 2. The first-order chi connectivity index (χ1) is 12.5. The van der Waals surface area contributed by atoms with Crippen molar-refractivity contribution in [2.45, 2.75) is 52.4 Å². The molecule has 0 bridgehead atoms. The molecule has 0 aromatic carbocycles. The minimum absolute atomic E-state index is 0.253. The maximum Gasteiger partial charge on any atom is 0.236 e. The lowest BCUT2D eigenvalue weighted by molar-refractivity contribution is -0.136. The number of nitrogens with zero attached hydrogens (tertiary/aromatic N) is 3. The number of carbonyl (C=O) groups excluding carboxylic acids is 2. The number of hydrogen-bond acceptors (Lipinski definition) is 4. The largest absolute Gasteiger partial charge is 0.341 e. The molecule has 0 radical (unpaired) electrons. The predicted molar refractivity (Wildman–Crippen MR) is 105 cm³/mol. The van der Waals surface area contributed by atoms with E-state index in [1.54, 1.807) is 0 Å². The minimum Gasteiger partial charge on any atom is -0.341 e. The Morgan fingerprint density at radius 2 is 1.46 bits per heavy atom. The summed E-state index contributed by atoms with van der Waals surface area (Å²) in [5.74, 6) is 1.72. The van der Waals surface area contributed by atoms with Gasteiger partial charge in [-0.1, -0.05) is 26.7 Å². The van der Waals surface area contributed by atoms with Gasteiger partial charge in [-0.2, -0.15) is 0 Å². The Kier molecular flexibility index (Phi) is 8.85. The van der Waals surface area contributed by atoms with Crippen LogP contribution in [0.3, 0.4) is 0 Å². The number of likely N-dealkylation sites (tertiary alicyclic amines) is 1. The normalized spacial score (nSPS) is 24.7. The van der Waals surface area contributed by atoms with E-state index >= 15 is 0 Å². The van der Waals surface area contributed by atoms with Gasteiger partial charge < -0.3 is 15.5 Å². The molecule has 2 unspecified atom stereocenters. The molecule has 0 saturated carbocycles. The van der Waals surface area contributed by atoms with Crippen molar-refractivity contribution < 1.29 is 9.59 Å². The van der Waals surface area contributed by atoms with Crippen LogP contribution >= 0.6 is 0 Å². The van der Waals surface area contributed by atoms with E-state index in [9.17, 15) is 9.59 Å². The highest BCUT2D eigenvalue weighted by molar-refractivity contribution is 5.78. The first-order valence-corrected chi connectivity index (χ1v) is 10.5. The molecule has 2 N–H and O–H groups in total. The van der Waals surface area contributed by atoms with Crippen LogP contribution in [0.4, 0.5) is 0 Å². The smallest absolute Gasteiger partial charge is 0.236 e. The predicted octanol–water partition coefficient (Wildman–Crippen LogP) is 1.54. The van der Waals surface area contributed by atoms with Crippen LogP contribution in [0.1, 0.15) is 52.4 Å². The van der Waals surface area contributed by atoms with Gasteiger partial charge in [-0.3, -0.25) is 14.5 Å². The van der Waals surface area contributed by atoms with Crippen molar-refractivity contribution in [2.75, 3.05) is 52.4 Å². The summed E-state index contributed by atoms with van der Waals surface area (Å²) in [6, 6.07) is 0. The van der Waals surface area contributed by atoms with Gasteiger partial charge in [0.2, 0.25) is 11.8 Å². The highest BCUT2D eigenvalue weighted by Gasteiger charge is 2.28. The van der Waals surface area contributed by atoms with E-state index in [0.717, 1.165) is 71.5 Å². The molecule has 6 nitrogen and oxygen atoms in total. The van der Waals surface area contributed by atoms with Crippen LogP contribution in [0.2, 0.25) is 0 Å². The summed E-state index contributed by atoms with van der Waals surface area (Å²) < 4.78 is 0. The van der Waals surface area contributed by atoms with E-state index in [2.05, 4.69) is 18.7 Å². The van der Waals surface area contributed by atoms with Crippen molar-refractivity contribution in [3.05, 3.63) is 0 Å². The van der Waals surface area contributed by atoms with Gasteiger partial charge in [-0.15, -0.1) is 0 Å². The maximum atomic E-state index is 12.6. The standard InChI is InChI=1S/C20H38N4O2/c1-17-13-18(2)15-24(14-17)20(26)16-22-9-11-23(12-10-22)19(25)7-5-3-4-6-8-21/h17-18H,3-16,21H2,1-2H3. The van der Waals surface area contributed by atoms with E-state index in [0.29, 0.717) is 24.8 Å². The van der Waals surface area contributed by atoms with E-state index in [-0.39, 0.29) is 11.8 Å². The highest BCUT2D eigenvalue weighted by atomic mass is 16.2. The molecule has 2 amide bonds. The molecule has 2 fully saturated rings. The number of piperidine rings is 1. The first kappa shape index (κ1) is 21.2. The number of unbranched alkanes of at least 4 members (excludes halogenated alkanes) is 3. The number of amides is 2. The molecular weight excluding hydrogens is 328 g/mol. The Morgan fingerprint density at radius 3 is 2.08 bits per heavy atom. The summed E-state index contributed by atoms with van der Waals surface area (Å²) in [7, 11) is 0. The zero-order valence-electron chi connectivity index (χ0n) is 16.8. The Bertz CT molecular complexity index is 439. The second kappa shape index (κ2) is 10.9. The third-order valence-electron chi connectivity index (χ3n) is 5.65. The molecule has 2 rings (SSSR count). The number of rotatable bonds is 8. The van der Waals surface area contributed by atoms with E-state index in [4.69, 9.17) is 5.73 Å². The van der Waals surface area contributed by atoms with Crippen LogP contribution < -0.4 is 5.73 Å². The van der Waals surface area contributed by atoms with E-state index < -0.39 is 0 Å². The molecule has 0 aliphatic carbocycles. The van der Waals surface area contributed by atoms with Crippen LogP contribution in [0.15, 0.2) is 0 Å². The molecule has 0 spiro atoms. The van der Waals surface area contributed by atoms with Crippen molar-refractivity contribution in [2.24, 2.45) is 17.6 Å². The van der Waals surface area contributed by atoms with Gasteiger partial charge in [0.05, 0.1) is 6.54 Å². The molecule has 0 aromatic heterocycles. The van der Waals surface area contributed by atoms with Gasteiger partial charge in [0.15, 0.2) is 0 Å². The van der Waals surface area contributed by atoms with Crippen LogP contribution in [0.25, 0.3) is 0 Å². The average molecular weight is 367 g/mol. The van der Waals surface area contributed by atoms with Crippen molar-refractivity contribution in [3.8, 4) is 0 Å². The maximum absolute atomic E-state index is 12.6. The SMILES string of the molecule is CC1CC(C)CN(C(=O)CN2CCN(C(=O)CCCCCCN)CC2)C1. The van der Waals surface area contributed by atoms with E-state index in [1.807, 2.05) is 9.80 Å². The summed E-state index contributed by atoms with van der Waals surface area (Å²) >= 11 is 0. The monoisotopic (exact) mass is 366 g/mol. The molecule has 26 heavy (non-hydrogen) atoms. The minimum atomic E-state index is 0.253. The Hall–Kier alpha value is -1.14. The molecule has 2 atom stereocenters. The van der Waals surface area contributed by atoms with Gasteiger partial charge in [0.25, 0.3) is 0 Å². The molecule has 150 valence electrons. The van der Waals surface area contributed by atoms with Gasteiger partial charge in [-0.25, -0.2) is 0 Å². The lowest BCUT2D eigenvalue weighted by atomic mass is 9.92. The van der Waals surface area contributed by atoms with E-state index in [1.165, 1.54) is 6.42 Å². The molecule has 2 saturated heterocycles. The van der Waals surface area contributed by atoms with Crippen molar-refractivity contribution in [3.63, 3.8) is 0 Å². The summed E-state index contributed by atoms with van der Waals surface area (Å²) in [6.07, 6.45) is 6.08. The lowest BCUT2D eigenvalue weighted by Crippen LogP contribution is -2.53. The number of hydrogen-bond donors (Lipinski definition) is 1. The fraction of sp³-hybridized carbons (Fsp3) is 0.900. The van der Waals surface area contributed by atoms with Gasteiger partial charge in [0, 0.05) is 45.7 Å². The van der Waals surface area contributed by atoms with Gasteiger partial charge >= 0.3 is 0 Å². The van der Waals surface area contributed by atoms with Gasteiger partial charge in [-0.05, 0) is 37.6 Å². The fourth-order valence-electron chi connectivity index (χ4n) is 4.25. The van der Waals surface area contributed by atoms with Crippen molar-refractivity contribution in [1.29, 1.82) is 0 Å². The van der Waals surface area contributed by atoms with Crippen LogP contribution in [0.5, 0.6) is 0 Å². The third-order valence-corrected chi connectivity index (χ3v) is 5.65. The summed E-state index contributed by atoms with van der Waals surface area (Å²) in [6.45, 7) is 10.6. The molecule has 2 aliphatic heterocycles. The summed E-state index contributed by atoms with van der Waals surface area (Å²) in [4.78, 5) is 31.1. The van der Waals surface area contributed by atoms with Crippen LogP contribution in [-0.4, -0.2) is 78.9 Å². The second-order valence-corrected chi connectivity index (χ2v) is 8.35. The first-order valence-electron chi connectivity index (χ1n) is 10.5. The van der Waals surface area contributed by atoms with Crippen molar-refractivity contribution in [1.82, 2.24) is 14.7 Å². The van der Waals surface area contributed by atoms with Crippen LogP contribution in [-0.2, 0) is 9.59 Å². The van der Waals surface area contributed by atoms with Crippen LogP contribution in [0, 0.1) is 11.8 Å². The second-order valence-electron chi connectivity index (χ2n) is 8.35. The highest BCUT2D eigenvalue weighted by Crippen LogP contribution is 2.21. The zero-order valence-corrected chi connectivity index (χ0v) is 16.8. The van der Waals surface area contributed by atoms with Gasteiger partial charge in [0.1, 0.15) is 0 Å². The summed E-state index contributed by atoms with van der Waals surface area (Å²) in [5.41, 5.74) is 5.49.